The Balaban J connectivity index is 3.70. The molecule has 10 heavy (non-hydrogen) atoms. The highest BCUT2D eigenvalue weighted by molar-refractivity contribution is 5.88. The third-order valence-electron chi connectivity index (χ3n) is 0.949. The normalized spacial score (nSPS) is 13.4. The number of ether oxygens (including phenoxy) is 1. The standard InChI is InChI=1S/C6H11NO3/c1-3-10-6(8)5(2)4-7-9/h4-5,9H,3H2,1-2H3/b7-4+. The van der Waals surface area contributed by atoms with E-state index < -0.39 is 5.92 Å². The number of hydrogen-bond donors (Lipinski definition) is 1. The quantitative estimate of drug-likeness (QED) is 0.274. The fourth-order valence-electron chi connectivity index (χ4n) is 0.435. The summed E-state index contributed by atoms with van der Waals surface area (Å²) in [5.74, 6) is -0.842. The Morgan fingerprint density at radius 2 is 2.50 bits per heavy atom. The van der Waals surface area contributed by atoms with Crippen molar-refractivity contribution in [1.29, 1.82) is 0 Å². The molecule has 0 heterocycles. The summed E-state index contributed by atoms with van der Waals surface area (Å²) >= 11 is 0. The summed E-state index contributed by atoms with van der Waals surface area (Å²) in [5.41, 5.74) is 0. The molecule has 4 nitrogen and oxygen atoms in total. The minimum absolute atomic E-state index is 0.350. The first kappa shape index (κ1) is 8.94. The topological polar surface area (TPSA) is 58.9 Å². The largest absolute Gasteiger partial charge is 0.466 e. The number of rotatable bonds is 3. The number of oxime groups is 1. The smallest absolute Gasteiger partial charge is 0.314 e. The molecule has 1 N–H and O–H groups in total. The van der Waals surface area contributed by atoms with Gasteiger partial charge in [0.05, 0.1) is 18.7 Å². The van der Waals surface area contributed by atoms with Crippen molar-refractivity contribution in [3.05, 3.63) is 0 Å². The molecule has 0 saturated carbocycles. The lowest BCUT2D eigenvalue weighted by Crippen LogP contribution is -2.15. The Kier molecular flexibility index (Phi) is 4.28. The molecule has 0 bridgehead atoms. The lowest BCUT2D eigenvalue weighted by molar-refractivity contribution is -0.144. The van der Waals surface area contributed by atoms with Crippen molar-refractivity contribution in [2.45, 2.75) is 13.8 Å². The van der Waals surface area contributed by atoms with Crippen molar-refractivity contribution in [3.8, 4) is 0 Å². The number of carbonyl (C=O) groups is 1. The molecule has 0 radical (unpaired) electrons. The van der Waals surface area contributed by atoms with Crippen LogP contribution < -0.4 is 0 Å². The van der Waals surface area contributed by atoms with Crippen LogP contribution in [0.2, 0.25) is 0 Å². The zero-order chi connectivity index (χ0) is 7.98. The van der Waals surface area contributed by atoms with Gasteiger partial charge in [0, 0.05) is 0 Å². The summed E-state index contributed by atoms with van der Waals surface area (Å²) < 4.78 is 4.61. The van der Waals surface area contributed by atoms with E-state index in [9.17, 15) is 4.79 Å². The van der Waals surface area contributed by atoms with Gasteiger partial charge in [-0.1, -0.05) is 0 Å². The van der Waals surface area contributed by atoms with E-state index in [0.717, 1.165) is 6.21 Å². The van der Waals surface area contributed by atoms with Gasteiger partial charge in [0.25, 0.3) is 0 Å². The van der Waals surface area contributed by atoms with E-state index in [0.29, 0.717) is 6.61 Å². The van der Waals surface area contributed by atoms with E-state index in [1.807, 2.05) is 0 Å². The van der Waals surface area contributed by atoms with Crippen molar-refractivity contribution in [1.82, 2.24) is 0 Å². The molecule has 1 atom stereocenters. The van der Waals surface area contributed by atoms with Crippen molar-refractivity contribution in [2.24, 2.45) is 11.1 Å². The van der Waals surface area contributed by atoms with Crippen LogP contribution in [0, 0.1) is 5.92 Å². The summed E-state index contributed by atoms with van der Waals surface area (Å²) in [6.45, 7) is 3.67. The predicted molar refractivity (Wildman–Crippen MR) is 36.1 cm³/mol. The van der Waals surface area contributed by atoms with Crippen LogP contribution in [-0.4, -0.2) is 24.0 Å². The van der Waals surface area contributed by atoms with Gasteiger partial charge in [-0.05, 0) is 13.8 Å². The van der Waals surface area contributed by atoms with Crippen LogP contribution in [0.25, 0.3) is 0 Å². The minimum atomic E-state index is -0.468. The Labute approximate surface area is 59.5 Å². The van der Waals surface area contributed by atoms with Gasteiger partial charge in [-0.2, -0.15) is 0 Å². The highest BCUT2D eigenvalue weighted by atomic mass is 16.5. The first-order valence-electron chi connectivity index (χ1n) is 3.06. The van der Waals surface area contributed by atoms with Crippen molar-refractivity contribution < 1.29 is 14.7 Å². The van der Waals surface area contributed by atoms with Gasteiger partial charge < -0.3 is 9.94 Å². The Morgan fingerprint density at radius 1 is 1.90 bits per heavy atom. The zero-order valence-corrected chi connectivity index (χ0v) is 6.07. The molecule has 0 spiro atoms. The van der Waals surface area contributed by atoms with Crippen molar-refractivity contribution in [2.75, 3.05) is 6.61 Å². The molecule has 0 aliphatic rings. The number of esters is 1. The summed E-state index contributed by atoms with van der Waals surface area (Å²) in [5, 5.41) is 10.7. The van der Waals surface area contributed by atoms with Gasteiger partial charge in [0.2, 0.25) is 0 Å². The molecule has 0 rings (SSSR count). The van der Waals surface area contributed by atoms with E-state index >= 15 is 0 Å². The summed E-state index contributed by atoms with van der Waals surface area (Å²) in [7, 11) is 0. The van der Waals surface area contributed by atoms with Gasteiger partial charge in [-0.15, -0.1) is 5.16 Å². The fraction of sp³-hybridized carbons (Fsp3) is 0.667. The summed E-state index contributed by atoms with van der Waals surface area (Å²) in [6, 6.07) is 0. The summed E-state index contributed by atoms with van der Waals surface area (Å²) in [6.07, 6.45) is 1.12. The second-order valence-corrected chi connectivity index (χ2v) is 1.81. The SMILES string of the molecule is CCOC(=O)C(C)/C=N/O. The van der Waals surface area contributed by atoms with Crippen LogP contribution in [0.15, 0.2) is 5.16 Å². The molecular weight excluding hydrogens is 134 g/mol. The molecule has 0 amide bonds. The molecule has 0 fully saturated rings. The molecular formula is C6H11NO3. The van der Waals surface area contributed by atoms with E-state index in [1.165, 1.54) is 0 Å². The first-order valence-corrected chi connectivity index (χ1v) is 3.06. The van der Waals surface area contributed by atoms with E-state index in [1.54, 1.807) is 13.8 Å². The maximum Gasteiger partial charge on any atom is 0.314 e. The Morgan fingerprint density at radius 3 is 2.90 bits per heavy atom. The second kappa shape index (κ2) is 4.78. The molecule has 4 heteroatoms. The average molecular weight is 145 g/mol. The van der Waals surface area contributed by atoms with E-state index in [-0.39, 0.29) is 5.97 Å². The predicted octanol–water partition coefficient (Wildman–Crippen LogP) is 0.646. The Hall–Kier alpha value is -1.06. The first-order chi connectivity index (χ1) is 4.72. The lowest BCUT2D eigenvalue weighted by atomic mass is 10.2. The van der Waals surface area contributed by atoms with Crippen LogP contribution in [0.1, 0.15) is 13.8 Å². The molecule has 1 unspecified atom stereocenters. The number of nitrogens with zero attached hydrogens (tertiary/aromatic N) is 1. The van der Waals surface area contributed by atoms with Crippen LogP contribution >= 0.6 is 0 Å². The van der Waals surface area contributed by atoms with Gasteiger partial charge in [-0.3, -0.25) is 4.79 Å². The van der Waals surface area contributed by atoms with Crippen LogP contribution in [0.4, 0.5) is 0 Å². The van der Waals surface area contributed by atoms with Gasteiger partial charge in [0.1, 0.15) is 0 Å². The third-order valence-corrected chi connectivity index (χ3v) is 0.949. The third kappa shape index (κ3) is 3.06. The number of hydrogen-bond acceptors (Lipinski definition) is 4. The van der Waals surface area contributed by atoms with Crippen molar-refractivity contribution in [3.63, 3.8) is 0 Å². The summed E-state index contributed by atoms with van der Waals surface area (Å²) in [4.78, 5) is 10.7. The highest BCUT2D eigenvalue weighted by Gasteiger charge is 2.10. The molecule has 0 aliphatic heterocycles. The molecule has 0 aliphatic carbocycles. The monoisotopic (exact) mass is 145 g/mol. The van der Waals surface area contributed by atoms with Gasteiger partial charge in [0.15, 0.2) is 0 Å². The minimum Gasteiger partial charge on any atom is -0.466 e. The van der Waals surface area contributed by atoms with Gasteiger partial charge in [-0.25, -0.2) is 0 Å². The average Bonchev–Trinajstić information content (AvgIpc) is 1.89. The number of carbonyl (C=O) groups excluding carboxylic acids is 1. The highest BCUT2D eigenvalue weighted by Crippen LogP contribution is 1.93. The van der Waals surface area contributed by atoms with E-state index in [2.05, 4.69) is 9.89 Å². The molecule has 0 aromatic carbocycles. The zero-order valence-electron chi connectivity index (χ0n) is 6.07. The fourth-order valence-corrected chi connectivity index (χ4v) is 0.435. The molecule has 58 valence electrons. The molecule has 0 saturated heterocycles. The van der Waals surface area contributed by atoms with Crippen molar-refractivity contribution >= 4 is 12.2 Å². The Bertz CT molecular complexity index is 133. The molecule has 0 aromatic rings. The van der Waals surface area contributed by atoms with Crippen LogP contribution in [-0.2, 0) is 9.53 Å². The van der Waals surface area contributed by atoms with E-state index in [4.69, 9.17) is 5.21 Å². The second-order valence-electron chi connectivity index (χ2n) is 1.81. The van der Waals surface area contributed by atoms with Crippen LogP contribution in [0.3, 0.4) is 0 Å². The lowest BCUT2D eigenvalue weighted by Gasteiger charge is -2.02. The van der Waals surface area contributed by atoms with Crippen LogP contribution in [0.5, 0.6) is 0 Å². The van der Waals surface area contributed by atoms with Gasteiger partial charge >= 0.3 is 5.97 Å². The molecule has 0 aromatic heterocycles. The maximum absolute atomic E-state index is 10.7. The maximum atomic E-state index is 10.7.